The molecule has 0 spiro atoms. The molecule has 1 heterocycles. The number of phenols is 1. The van der Waals surface area contributed by atoms with E-state index in [4.69, 9.17) is 10.2 Å². The van der Waals surface area contributed by atoms with E-state index in [1.54, 1.807) is 24.5 Å². The molecule has 2 aromatic rings. The minimum Gasteiger partial charge on any atom is -0.507 e. The highest BCUT2D eigenvalue weighted by Gasteiger charge is 2.05. The lowest BCUT2D eigenvalue weighted by Gasteiger charge is -1.98. The van der Waals surface area contributed by atoms with Crippen LogP contribution < -0.4 is 5.73 Å². The zero-order valence-corrected chi connectivity index (χ0v) is 7.67. The van der Waals surface area contributed by atoms with Gasteiger partial charge in [-0.05, 0) is 12.1 Å². The maximum absolute atomic E-state index is 9.38. The van der Waals surface area contributed by atoms with Crippen LogP contribution in [0.4, 0.5) is 0 Å². The van der Waals surface area contributed by atoms with Crippen molar-refractivity contribution in [1.82, 2.24) is 0 Å². The van der Waals surface area contributed by atoms with Gasteiger partial charge in [-0.2, -0.15) is 0 Å². The summed E-state index contributed by atoms with van der Waals surface area (Å²) in [5.41, 5.74) is 7.07. The Hall–Kier alpha value is -1.19. The monoisotopic (exact) mass is 199 g/mol. The Morgan fingerprint density at radius 1 is 1.31 bits per heavy atom. The number of hydrogen-bond acceptors (Lipinski definition) is 3. The first-order chi connectivity index (χ1) is 5.83. The van der Waals surface area contributed by atoms with Crippen LogP contribution in [0.25, 0.3) is 11.0 Å². The summed E-state index contributed by atoms with van der Waals surface area (Å²) in [5.74, 6) is 0.232. The third-order valence-corrected chi connectivity index (χ3v) is 1.90. The van der Waals surface area contributed by atoms with Crippen LogP contribution in [0, 0.1) is 0 Å². The van der Waals surface area contributed by atoms with Crippen LogP contribution in [0.3, 0.4) is 0 Å². The number of halogens is 1. The molecular weight excluding hydrogens is 190 g/mol. The lowest BCUT2D eigenvalue weighted by molar-refractivity contribution is 0.481. The molecule has 2 rings (SSSR count). The van der Waals surface area contributed by atoms with Crippen LogP contribution >= 0.6 is 12.4 Å². The number of aromatic hydroxyl groups is 1. The molecule has 0 fully saturated rings. The zero-order chi connectivity index (χ0) is 8.55. The van der Waals surface area contributed by atoms with E-state index in [2.05, 4.69) is 0 Å². The number of fused-ring (bicyclic) bond motifs is 1. The Morgan fingerprint density at radius 3 is 2.77 bits per heavy atom. The van der Waals surface area contributed by atoms with Gasteiger partial charge in [-0.15, -0.1) is 12.4 Å². The van der Waals surface area contributed by atoms with Crippen LogP contribution in [-0.2, 0) is 6.54 Å². The fourth-order valence-electron chi connectivity index (χ4n) is 1.27. The molecule has 1 aromatic heterocycles. The molecule has 0 saturated heterocycles. The molecule has 3 nitrogen and oxygen atoms in total. The summed E-state index contributed by atoms with van der Waals surface area (Å²) in [7, 11) is 0. The molecule has 0 atom stereocenters. The van der Waals surface area contributed by atoms with E-state index in [9.17, 15) is 5.11 Å². The second-order valence-corrected chi connectivity index (χ2v) is 2.61. The molecule has 0 aliphatic rings. The molecule has 1 aromatic carbocycles. The second-order valence-electron chi connectivity index (χ2n) is 2.61. The molecule has 0 aliphatic heterocycles. The molecule has 0 radical (unpaired) electrons. The molecule has 0 amide bonds. The summed E-state index contributed by atoms with van der Waals surface area (Å²) >= 11 is 0. The smallest absolute Gasteiger partial charge is 0.142 e. The Kier molecular flexibility index (Phi) is 2.80. The van der Waals surface area contributed by atoms with E-state index >= 15 is 0 Å². The highest BCUT2D eigenvalue weighted by molar-refractivity contribution is 5.86. The lowest BCUT2D eigenvalue weighted by atomic mass is 10.1. The number of furan rings is 1. The summed E-state index contributed by atoms with van der Waals surface area (Å²) in [5, 5.41) is 10.1. The Balaban J connectivity index is 0.000000845. The van der Waals surface area contributed by atoms with Crippen molar-refractivity contribution < 1.29 is 9.52 Å². The first-order valence-corrected chi connectivity index (χ1v) is 3.71. The highest BCUT2D eigenvalue weighted by atomic mass is 35.5. The van der Waals surface area contributed by atoms with Gasteiger partial charge >= 0.3 is 0 Å². The van der Waals surface area contributed by atoms with Crippen LogP contribution in [0.5, 0.6) is 5.75 Å². The summed E-state index contributed by atoms with van der Waals surface area (Å²) < 4.78 is 5.18. The summed E-state index contributed by atoms with van der Waals surface area (Å²) in [6.07, 6.45) is 1.55. The first-order valence-electron chi connectivity index (χ1n) is 3.71. The number of benzene rings is 1. The third-order valence-electron chi connectivity index (χ3n) is 1.90. The van der Waals surface area contributed by atoms with Gasteiger partial charge in [0.1, 0.15) is 11.3 Å². The van der Waals surface area contributed by atoms with E-state index in [-0.39, 0.29) is 18.2 Å². The van der Waals surface area contributed by atoms with Crippen molar-refractivity contribution in [2.75, 3.05) is 0 Å². The third kappa shape index (κ3) is 1.48. The topological polar surface area (TPSA) is 59.4 Å². The van der Waals surface area contributed by atoms with Gasteiger partial charge in [0.25, 0.3) is 0 Å². The molecule has 0 unspecified atom stereocenters. The number of phenolic OH excluding ortho intramolecular Hbond substituents is 1. The van der Waals surface area contributed by atoms with Crippen molar-refractivity contribution in [3.8, 4) is 5.75 Å². The van der Waals surface area contributed by atoms with Crippen molar-refractivity contribution in [3.05, 3.63) is 30.0 Å². The number of nitrogens with two attached hydrogens (primary N) is 1. The average molecular weight is 200 g/mol. The van der Waals surface area contributed by atoms with E-state index in [0.29, 0.717) is 12.1 Å². The summed E-state index contributed by atoms with van der Waals surface area (Å²) in [6.45, 7) is 0.421. The van der Waals surface area contributed by atoms with Gasteiger partial charge in [-0.1, -0.05) is 6.07 Å². The van der Waals surface area contributed by atoms with Crippen molar-refractivity contribution in [2.45, 2.75) is 6.54 Å². The average Bonchev–Trinajstić information content (AvgIpc) is 2.54. The Bertz CT molecular complexity index is 411. The van der Waals surface area contributed by atoms with Gasteiger partial charge in [-0.3, -0.25) is 0 Å². The fourth-order valence-corrected chi connectivity index (χ4v) is 1.27. The predicted octanol–water partition coefficient (Wildman–Crippen LogP) is 2.02. The fraction of sp³-hybridized carbons (Fsp3) is 0.111. The number of hydrogen-bond donors (Lipinski definition) is 2. The molecule has 13 heavy (non-hydrogen) atoms. The van der Waals surface area contributed by atoms with Gasteiger partial charge < -0.3 is 15.3 Å². The van der Waals surface area contributed by atoms with Crippen LogP contribution in [-0.4, -0.2) is 5.11 Å². The van der Waals surface area contributed by atoms with E-state index in [1.807, 2.05) is 0 Å². The first kappa shape index (κ1) is 9.89. The SMILES string of the molecule is Cl.NCc1ccc(O)c2ccoc12. The molecule has 0 bridgehead atoms. The van der Waals surface area contributed by atoms with Crippen LogP contribution in [0.2, 0.25) is 0 Å². The minimum absolute atomic E-state index is 0. The largest absolute Gasteiger partial charge is 0.507 e. The van der Waals surface area contributed by atoms with Gasteiger partial charge in [0, 0.05) is 12.1 Å². The molecule has 0 aliphatic carbocycles. The maximum Gasteiger partial charge on any atom is 0.142 e. The molecule has 3 N–H and O–H groups in total. The standard InChI is InChI=1S/C9H9NO2.ClH/c10-5-6-1-2-8(11)7-3-4-12-9(6)7;/h1-4,11H,5,10H2;1H. The summed E-state index contributed by atoms with van der Waals surface area (Å²) in [6, 6.07) is 5.12. The van der Waals surface area contributed by atoms with Crippen molar-refractivity contribution in [3.63, 3.8) is 0 Å². The second kappa shape index (κ2) is 3.68. The van der Waals surface area contributed by atoms with Gasteiger partial charge in [-0.25, -0.2) is 0 Å². The Morgan fingerprint density at radius 2 is 2.08 bits per heavy atom. The molecule has 70 valence electrons. The van der Waals surface area contributed by atoms with Gasteiger partial charge in [0.15, 0.2) is 0 Å². The molecule has 4 heteroatoms. The maximum atomic E-state index is 9.38. The van der Waals surface area contributed by atoms with E-state index < -0.39 is 0 Å². The predicted molar refractivity (Wildman–Crippen MR) is 53.0 cm³/mol. The minimum atomic E-state index is 0. The number of rotatable bonds is 1. The summed E-state index contributed by atoms with van der Waals surface area (Å²) in [4.78, 5) is 0. The van der Waals surface area contributed by atoms with Crippen molar-refractivity contribution >= 4 is 23.4 Å². The zero-order valence-electron chi connectivity index (χ0n) is 6.86. The quantitative estimate of drug-likeness (QED) is 0.739. The molecular formula is C9H10ClNO2. The van der Waals surface area contributed by atoms with E-state index in [0.717, 1.165) is 10.9 Å². The van der Waals surface area contributed by atoms with Crippen molar-refractivity contribution in [1.29, 1.82) is 0 Å². The lowest BCUT2D eigenvalue weighted by Crippen LogP contribution is -1.95. The van der Waals surface area contributed by atoms with Gasteiger partial charge in [0.05, 0.1) is 11.6 Å². The molecule has 0 saturated carbocycles. The van der Waals surface area contributed by atoms with Crippen LogP contribution in [0.1, 0.15) is 5.56 Å². The van der Waals surface area contributed by atoms with E-state index in [1.165, 1.54) is 0 Å². The Labute approximate surface area is 81.6 Å². The van der Waals surface area contributed by atoms with Crippen LogP contribution in [0.15, 0.2) is 28.9 Å². The van der Waals surface area contributed by atoms with Crippen molar-refractivity contribution in [2.24, 2.45) is 5.73 Å². The highest BCUT2D eigenvalue weighted by Crippen LogP contribution is 2.27. The normalized spacial score (nSPS) is 9.92. The van der Waals surface area contributed by atoms with Gasteiger partial charge in [0.2, 0.25) is 0 Å².